The highest BCUT2D eigenvalue weighted by molar-refractivity contribution is 7.13. The summed E-state index contributed by atoms with van der Waals surface area (Å²) in [5.41, 5.74) is 1.64. The number of anilines is 1. The highest BCUT2D eigenvalue weighted by atomic mass is 32.1. The van der Waals surface area contributed by atoms with Crippen LogP contribution in [0.4, 0.5) is 5.13 Å². The number of hydrogen-bond donors (Lipinski definition) is 1. The Morgan fingerprint density at radius 3 is 2.72 bits per heavy atom. The lowest BCUT2D eigenvalue weighted by Gasteiger charge is -2.34. The quantitative estimate of drug-likeness (QED) is 0.885. The van der Waals surface area contributed by atoms with Crippen molar-refractivity contribution in [3.63, 3.8) is 0 Å². The molecule has 1 aromatic heterocycles. The number of aryl methyl sites for hydroxylation is 1. The van der Waals surface area contributed by atoms with Crippen LogP contribution in [0.25, 0.3) is 0 Å². The topological polar surface area (TPSA) is 65.5 Å². The van der Waals surface area contributed by atoms with Gasteiger partial charge in [0.05, 0.1) is 0 Å². The molecule has 0 radical (unpaired) electrons. The summed E-state index contributed by atoms with van der Waals surface area (Å²) in [6.07, 6.45) is 2.93. The van der Waals surface area contributed by atoms with Gasteiger partial charge in [-0.05, 0) is 24.1 Å². The lowest BCUT2D eigenvalue weighted by Crippen LogP contribution is -2.48. The van der Waals surface area contributed by atoms with Gasteiger partial charge >= 0.3 is 0 Å². The molecule has 1 N–H and O–H groups in total. The van der Waals surface area contributed by atoms with Crippen LogP contribution in [-0.4, -0.2) is 54.9 Å². The molecular formula is C18H22N4O2S. The van der Waals surface area contributed by atoms with Gasteiger partial charge in [0.2, 0.25) is 5.91 Å². The Labute approximate surface area is 151 Å². The minimum atomic E-state index is -0.105. The number of carbonyl (C=O) groups excluding carboxylic acids is 2. The molecule has 0 atom stereocenters. The Balaban J connectivity index is 1.49. The van der Waals surface area contributed by atoms with Crippen molar-refractivity contribution in [3.05, 3.63) is 47.0 Å². The molecule has 6 nitrogen and oxygen atoms in total. The van der Waals surface area contributed by atoms with Crippen LogP contribution in [0.2, 0.25) is 0 Å². The number of thiazole rings is 1. The summed E-state index contributed by atoms with van der Waals surface area (Å²) in [6.45, 7) is 3.12. The summed E-state index contributed by atoms with van der Waals surface area (Å²) in [7, 11) is 1.61. The van der Waals surface area contributed by atoms with E-state index >= 15 is 0 Å². The lowest BCUT2D eigenvalue weighted by molar-refractivity contribution is -0.131. The molecule has 1 aliphatic rings. The molecule has 132 valence electrons. The molecule has 7 heteroatoms. The van der Waals surface area contributed by atoms with E-state index in [9.17, 15) is 9.59 Å². The molecule has 0 unspecified atom stereocenters. The first-order valence-electron chi connectivity index (χ1n) is 8.40. The van der Waals surface area contributed by atoms with E-state index in [1.807, 2.05) is 34.7 Å². The Hall–Kier alpha value is -2.41. The predicted molar refractivity (Wildman–Crippen MR) is 99.1 cm³/mol. The molecule has 2 aromatic rings. The van der Waals surface area contributed by atoms with E-state index in [-0.39, 0.29) is 11.8 Å². The molecule has 1 fully saturated rings. The Morgan fingerprint density at radius 1 is 1.24 bits per heavy atom. The third kappa shape index (κ3) is 4.36. The number of hydrogen-bond acceptors (Lipinski definition) is 5. The van der Waals surface area contributed by atoms with E-state index < -0.39 is 0 Å². The molecule has 1 saturated heterocycles. The smallest absolute Gasteiger partial charge is 0.251 e. The van der Waals surface area contributed by atoms with E-state index in [4.69, 9.17) is 0 Å². The van der Waals surface area contributed by atoms with Crippen LogP contribution in [0, 0.1) is 0 Å². The monoisotopic (exact) mass is 358 g/mol. The summed E-state index contributed by atoms with van der Waals surface area (Å²) >= 11 is 1.63. The zero-order chi connectivity index (χ0) is 17.6. The van der Waals surface area contributed by atoms with E-state index in [2.05, 4.69) is 15.2 Å². The maximum Gasteiger partial charge on any atom is 0.251 e. The minimum absolute atomic E-state index is 0.105. The second-order valence-corrected chi connectivity index (χ2v) is 6.84. The SMILES string of the molecule is CNC(=O)c1cccc(CCC(=O)N2CCN(c3nccs3)CC2)c1. The normalized spacial score (nSPS) is 14.4. The van der Waals surface area contributed by atoms with Gasteiger partial charge < -0.3 is 15.1 Å². The van der Waals surface area contributed by atoms with Gasteiger partial charge in [-0.15, -0.1) is 11.3 Å². The summed E-state index contributed by atoms with van der Waals surface area (Å²) in [5, 5.41) is 5.62. The zero-order valence-corrected chi connectivity index (χ0v) is 15.1. The number of amides is 2. The van der Waals surface area contributed by atoms with Gasteiger partial charge in [0.15, 0.2) is 5.13 Å². The summed E-state index contributed by atoms with van der Waals surface area (Å²) in [4.78, 5) is 32.6. The van der Waals surface area contributed by atoms with Crippen molar-refractivity contribution in [2.75, 3.05) is 38.1 Å². The molecule has 0 aliphatic carbocycles. The second-order valence-electron chi connectivity index (χ2n) is 5.96. The van der Waals surface area contributed by atoms with Gasteiger partial charge in [0, 0.05) is 56.8 Å². The van der Waals surface area contributed by atoms with Gasteiger partial charge in [-0.3, -0.25) is 9.59 Å². The average molecular weight is 358 g/mol. The first kappa shape index (κ1) is 17.4. The van der Waals surface area contributed by atoms with Crippen LogP contribution < -0.4 is 10.2 Å². The fourth-order valence-electron chi connectivity index (χ4n) is 2.94. The Bertz CT molecular complexity index is 724. The predicted octanol–water partition coefficient (Wildman–Crippen LogP) is 1.78. The number of carbonyl (C=O) groups is 2. The molecule has 2 amide bonds. The molecule has 0 saturated carbocycles. The lowest BCUT2D eigenvalue weighted by atomic mass is 10.1. The molecule has 1 aliphatic heterocycles. The molecule has 2 heterocycles. The van der Waals surface area contributed by atoms with Crippen molar-refractivity contribution in [2.24, 2.45) is 0 Å². The van der Waals surface area contributed by atoms with Crippen LogP contribution >= 0.6 is 11.3 Å². The van der Waals surface area contributed by atoms with Gasteiger partial charge in [-0.1, -0.05) is 12.1 Å². The van der Waals surface area contributed by atoms with Gasteiger partial charge in [-0.25, -0.2) is 4.98 Å². The van der Waals surface area contributed by atoms with Crippen LogP contribution in [-0.2, 0) is 11.2 Å². The summed E-state index contributed by atoms with van der Waals surface area (Å²) in [5.74, 6) is 0.0654. The maximum atomic E-state index is 12.5. The molecular weight excluding hydrogens is 336 g/mol. The number of piperazine rings is 1. The average Bonchev–Trinajstić information content (AvgIpc) is 3.20. The van der Waals surface area contributed by atoms with Crippen LogP contribution in [0.5, 0.6) is 0 Å². The van der Waals surface area contributed by atoms with Crippen molar-refractivity contribution in [3.8, 4) is 0 Å². The van der Waals surface area contributed by atoms with Crippen LogP contribution in [0.3, 0.4) is 0 Å². The first-order chi connectivity index (χ1) is 12.2. The Kier molecular flexibility index (Phi) is 5.65. The zero-order valence-electron chi connectivity index (χ0n) is 14.3. The number of nitrogens with one attached hydrogen (secondary N) is 1. The van der Waals surface area contributed by atoms with Gasteiger partial charge in [0.1, 0.15) is 0 Å². The molecule has 25 heavy (non-hydrogen) atoms. The van der Waals surface area contributed by atoms with E-state index in [1.165, 1.54) is 0 Å². The fraction of sp³-hybridized carbons (Fsp3) is 0.389. The van der Waals surface area contributed by atoms with E-state index in [1.54, 1.807) is 24.5 Å². The Morgan fingerprint density at radius 2 is 2.04 bits per heavy atom. The highest BCUT2D eigenvalue weighted by Crippen LogP contribution is 2.19. The van der Waals surface area contributed by atoms with Crippen molar-refractivity contribution in [1.29, 1.82) is 0 Å². The summed E-state index contributed by atoms with van der Waals surface area (Å²) < 4.78 is 0. The minimum Gasteiger partial charge on any atom is -0.355 e. The molecule has 1 aromatic carbocycles. The molecule has 3 rings (SSSR count). The van der Waals surface area contributed by atoms with E-state index in [0.29, 0.717) is 18.4 Å². The van der Waals surface area contributed by atoms with Crippen molar-refractivity contribution in [2.45, 2.75) is 12.8 Å². The summed E-state index contributed by atoms with van der Waals surface area (Å²) in [6, 6.07) is 7.45. The van der Waals surface area contributed by atoms with E-state index in [0.717, 1.165) is 36.9 Å². The first-order valence-corrected chi connectivity index (χ1v) is 9.28. The van der Waals surface area contributed by atoms with Crippen LogP contribution in [0.15, 0.2) is 35.8 Å². The van der Waals surface area contributed by atoms with Gasteiger partial charge in [-0.2, -0.15) is 0 Å². The van der Waals surface area contributed by atoms with Crippen molar-refractivity contribution < 1.29 is 9.59 Å². The van der Waals surface area contributed by atoms with Crippen molar-refractivity contribution in [1.82, 2.24) is 15.2 Å². The third-order valence-electron chi connectivity index (χ3n) is 4.37. The van der Waals surface area contributed by atoms with Crippen molar-refractivity contribution >= 4 is 28.3 Å². The molecule has 0 bridgehead atoms. The number of nitrogens with zero attached hydrogens (tertiary/aromatic N) is 3. The highest BCUT2D eigenvalue weighted by Gasteiger charge is 2.22. The second kappa shape index (κ2) is 8.11. The number of rotatable bonds is 5. The number of benzene rings is 1. The third-order valence-corrected chi connectivity index (χ3v) is 5.20. The molecule has 0 spiro atoms. The maximum absolute atomic E-state index is 12.5. The van der Waals surface area contributed by atoms with Crippen LogP contribution in [0.1, 0.15) is 22.3 Å². The number of aromatic nitrogens is 1. The van der Waals surface area contributed by atoms with Gasteiger partial charge in [0.25, 0.3) is 5.91 Å². The largest absolute Gasteiger partial charge is 0.355 e. The standard InChI is InChI=1S/C18H22N4O2S/c1-19-17(24)15-4-2-3-14(13-15)5-6-16(23)21-8-10-22(11-9-21)18-20-7-12-25-18/h2-4,7,12-13H,5-6,8-11H2,1H3,(H,19,24). The fourth-order valence-corrected chi connectivity index (χ4v) is 3.64.